The molecule has 10 heteroatoms. The first kappa shape index (κ1) is 22.0. The molecule has 3 heterocycles. The second-order valence-electron chi connectivity index (χ2n) is 6.75. The van der Waals surface area contributed by atoms with Crippen molar-refractivity contribution in [1.82, 2.24) is 19.7 Å². The van der Waals surface area contributed by atoms with Gasteiger partial charge in [-0.1, -0.05) is 22.9 Å². The van der Waals surface area contributed by atoms with Gasteiger partial charge in [0, 0.05) is 44.4 Å². The predicted octanol–water partition coefficient (Wildman–Crippen LogP) is 3.47. The number of halogens is 2. The third kappa shape index (κ3) is 5.26. The number of benzene rings is 1. The molecule has 0 bridgehead atoms. The van der Waals surface area contributed by atoms with E-state index in [-0.39, 0.29) is 18.3 Å². The maximum absolute atomic E-state index is 13.1. The first-order chi connectivity index (χ1) is 13.6. The van der Waals surface area contributed by atoms with Crippen molar-refractivity contribution in [3.05, 3.63) is 41.2 Å². The summed E-state index contributed by atoms with van der Waals surface area (Å²) < 4.78 is 8.01. The molecule has 1 saturated heterocycles. The van der Waals surface area contributed by atoms with Crippen LogP contribution in [0.3, 0.4) is 0 Å². The van der Waals surface area contributed by atoms with Crippen LogP contribution in [0.2, 0.25) is 5.02 Å². The van der Waals surface area contributed by atoms with Crippen LogP contribution < -0.4 is 4.90 Å². The van der Waals surface area contributed by atoms with Crippen molar-refractivity contribution in [2.75, 3.05) is 44.3 Å². The van der Waals surface area contributed by atoms with E-state index in [0.717, 1.165) is 49.5 Å². The second kappa shape index (κ2) is 9.86. The highest BCUT2D eigenvalue weighted by Gasteiger charge is 2.23. The molecule has 0 aliphatic carbocycles. The first-order valence-corrected chi connectivity index (χ1v) is 10.5. The highest BCUT2D eigenvalue weighted by molar-refractivity contribution is 7.22. The third-order valence-electron chi connectivity index (χ3n) is 4.71. The monoisotopic (exact) mass is 455 g/mol. The largest absolute Gasteiger partial charge is 0.379 e. The molecule has 1 aromatic carbocycles. The molecule has 1 fully saturated rings. The van der Waals surface area contributed by atoms with Gasteiger partial charge in [-0.3, -0.25) is 19.3 Å². The van der Waals surface area contributed by atoms with Crippen molar-refractivity contribution in [3.8, 4) is 0 Å². The second-order valence-corrected chi connectivity index (χ2v) is 8.19. The lowest BCUT2D eigenvalue weighted by Crippen LogP contribution is -2.39. The van der Waals surface area contributed by atoms with Crippen LogP contribution in [0, 0.1) is 0 Å². The smallest absolute Gasteiger partial charge is 0.280 e. The van der Waals surface area contributed by atoms with Crippen LogP contribution >= 0.6 is 35.3 Å². The number of thiazole rings is 1. The van der Waals surface area contributed by atoms with Crippen LogP contribution in [0.4, 0.5) is 5.13 Å². The lowest BCUT2D eigenvalue weighted by Gasteiger charge is -2.27. The lowest BCUT2D eigenvalue weighted by atomic mass is 10.3. The number of amides is 1. The van der Waals surface area contributed by atoms with Crippen LogP contribution in [0.1, 0.15) is 16.9 Å². The number of anilines is 1. The summed E-state index contributed by atoms with van der Waals surface area (Å²) in [6.07, 6.45) is 2.63. The van der Waals surface area contributed by atoms with Gasteiger partial charge in [-0.25, -0.2) is 4.98 Å². The first-order valence-electron chi connectivity index (χ1n) is 9.28. The number of carbonyl (C=O) groups excluding carboxylic acids is 1. The minimum Gasteiger partial charge on any atom is -0.379 e. The van der Waals surface area contributed by atoms with Crippen LogP contribution in [-0.2, 0) is 11.8 Å². The van der Waals surface area contributed by atoms with Gasteiger partial charge in [0.1, 0.15) is 0 Å². The molecule has 1 aliphatic heterocycles. The summed E-state index contributed by atoms with van der Waals surface area (Å²) in [5.41, 5.74) is 1.27. The van der Waals surface area contributed by atoms with Crippen molar-refractivity contribution < 1.29 is 9.53 Å². The van der Waals surface area contributed by atoms with E-state index in [1.165, 1.54) is 11.3 Å². The molecular weight excluding hydrogens is 433 g/mol. The summed E-state index contributed by atoms with van der Waals surface area (Å²) in [5, 5.41) is 5.62. The van der Waals surface area contributed by atoms with Crippen molar-refractivity contribution in [3.63, 3.8) is 0 Å². The van der Waals surface area contributed by atoms with Crippen molar-refractivity contribution in [2.45, 2.75) is 6.42 Å². The molecule has 0 saturated carbocycles. The molecule has 1 aliphatic rings. The van der Waals surface area contributed by atoms with Gasteiger partial charge in [-0.15, -0.1) is 12.4 Å². The highest BCUT2D eigenvalue weighted by Crippen LogP contribution is 2.31. The molecule has 0 radical (unpaired) electrons. The average molecular weight is 456 g/mol. The number of hydrogen-bond donors (Lipinski definition) is 0. The number of aromatic nitrogens is 3. The SMILES string of the molecule is Cl.Cn1ccc(C(=O)N(CCCN2CCOCC2)c2nc3ccc(Cl)cc3s2)n1. The molecule has 0 atom stereocenters. The van der Waals surface area contributed by atoms with E-state index < -0.39 is 0 Å². The lowest BCUT2D eigenvalue weighted by molar-refractivity contribution is 0.0376. The Morgan fingerprint density at radius 1 is 1.31 bits per heavy atom. The zero-order valence-electron chi connectivity index (χ0n) is 16.1. The molecule has 156 valence electrons. The quantitative estimate of drug-likeness (QED) is 0.569. The number of morpholine rings is 1. The van der Waals surface area contributed by atoms with E-state index in [1.807, 2.05) is 18.2 Å². The van der Waals surface area contributed by atoms with Gasteiger partial charge in [0.25, 0.3) is 5.91 Å². The van der Waals surface area contributed by atoms with Gasteiger partial charge in [0.15, 0.2) is 10.8 Å². The van der Waals surface area contributed by atoms with Gasteiger partial charge in [-0.05, 0) is 30.7 Å². The Bertz CT molecular complexity index is 971. The molecule has 7 nitrogen and oxygen atoms in total. The number of carbonyl (C=O) groups is 1. The number of ether oxygens (including phenoxy) is 1. The van der Waals surface area contributed by atoms with E-state index in [0.29, 0.717) is 22.4 Å². The fourth-order valence-electron chi connectivity index (χ4n) is 3.23. The normalized spacial score (nSPS) is 14.7. The van der Waals surface area contributed by atoms with Gasteiger partial charge in [0.2, 0.25) is 0 Å². The molecule has 4 rings (SSSR count). The summed E-state index contributed by atoms with van der Waals surface area (Å²) in [4.78, 5) is 21.9. The Morgan fingerprint density at radius 2 is 2.10 bits per heavy atom. The Kier molecular flexibility index (Phi) is 7.48. The molecular formula is C19H23Cl2N5O2S. The van der Waals surface area contributed by atoms with E-state index in [1.54, 1.807) is 28.9 Å². The Hall–Kier alpha value is -1.71. The number of fused-ring (bicyclic) bond motifs is 1. The van der Waals surface area contributed by atoms with Gasteiger partial charge in [0.05, 0.1) is 23.4 Å². The minimum absolute atomic E-state index is 0. The standard InChI is InChI=1S/C19H22ClN5O2S.ClH/c1-23-8-5-16(22-23)18(26)25(7-2-6-24-9-11-27-12-10-24)19-21-15-4-3-14(20)13-17(15)28-19;/h3-5,8,13H,2,6-7,9-12H2,1H3;1H. The maximum atomic E-state index is 13.1. The van der Waals surface area contributed by atoms with Crippen LogP contribution in [0.5, 0.6) is 0 Å². The summed E-state index contributed by atoms with van der Waals surface area (Å²) in [6.45, 7) is 4.93. The Morgan fingerprint density at radius 3 is 2.83 bits per heavy atom. The topological polar surface area (TPSA) is 63.5 Å². The maximum Gasteiger partial charge on any atom is 0.280 e. The fraction of sp³-hybridized carbons (Fsp3) is 0.421. The molecule has 1 amide bonds. The van der Waals surface area contributed by atoms with Crippen molar-refractivity contribution in [1.29, 1.82) is 0 Å². The van der Waals surface area contributed by atoms with E-state index >= 15 is 0 Å². The highest BCUT2D eigenvalue weighted by atomic mass is 35.5. The zero-order valence-corrected chi connectivity index (χ0v) is 18.5. The number of rotatable bonds is 6. The third-order valence-corrected chi connectivity index (χ3v) is 5.98. The van der Waals surface area contributed by atoms with Crippen molar-refractivity contribution >= 4 is 56.6 Å². The summed E-state index contributed by atoms with van der Waals surface area (Å²) in [7, 11) is 1.80. The van der Waals surface area contributed by atoms with E-state index in [9.17, 15) is 4.79 Å². The summed E-state index contributed by atoms with van der Waals surface area (Å²) in [6, 6.07) is 7.32. The van der Waals surface area contributed by atoms with Crippen LogP contribution in [0.15, 0.2) is 30.5 Å². The van der Waals surface area contributed by atoms with Crippen LogP contribution in [-0.4, -0.2) is 65.0 Å². The molecule has 3 aromatic rings. The Balaban J connectivity index is 0.00000240. The molecule has 0 N–H and O–H groups in total. The van der Waals surface area contributed by atoms with E-state index in [4.69, 9.17) is 16.3 Å². The Labute approximate surface area is 184 Å². The molecule has 0 unspecified atom stereocenters. The molecule has 29 heavy (non-hydrogen) atoms. The zero-order chi connectivity index (χ0) is 19.5. The van der Waals surface area contributed by atoms with Crippen molar-refractivity contribution in [2.24, 2.45) is 7.05 Å². The van der Waals surface area contributed by atoms with Gasteiger partial charge in [-0.2, -0.15) is 5.10 Å². The molecule has 2 aromatic heterocycles. The number of nitrogens with zero attached hydrogens (tertiary/aromatic N) is 5. The summed E-state index contributed by atoms with van der Waals surface area (Å²) in [5.74, 6) is -0.132. The van der Waals surface area contributed by atoms with Crippen LogP contribution in [0.25, 0.3) is 10.2 Å². The predicted molar refractivity (Wildman–Crippen MR) is 119 cm³/mol. The number of aryl methyl sites for hydroxylation is 1. The van der Waals surface area contributed by atoms with Gasteiger partial charge >= 0.3 is 0 Å². The fourth-order valence-corrected chi connectivity index (χ4v) is 4.50. The molecule has 0 spiro atoms. The number of hydrogen-bond acceptors (Lipinski definition) is 6. The van der Waals surface area contributed by atoms with Gasteiger partial charge < -0.3 is 4.74 Å². The minimum atomic E-state index is -0.132. The average Bonchev–Trinajstić information content (AvgIpc) is 3.31. The van der Waals surface area contributed by atoms with E-state index in [2.05, 4.69) is 15.0 Å². The summed E-state index contributed by atoms with van der Waals surface area (Å²) >= 11 is 7.58.